The summed E-state index contributed by atoms with van der Waals surface area (Å²) in [7, 11) is 1.45. The van der Waals surface area contributed by atoms with E-state index in [2.05, 4.69) is 4.98 Å². The van der Waals surface area contributed by atoms with Gasteiger partial charge in [0.05, 0.1) is 25.1 Å². The van der Waals surface area contributed by atoms with Gasteiger partial charge in [-0.05, 0) is 37.1 Å². The van der Waals surface area contributed by atoms with Crippen molar-refractivity contribution in [3.63, 3.8) is 0 Å². The maximum Gasteiger partial charge on any atom is 0.340 e. The van der Waals surface area contributed by atoms with Crippen LogP contribution in [0.2, 0.25) is 0 Å². The third-order valence-corrected chi connectivity index (χ3v) is 4.63. The summed E-state index contributed by atoms with van der Waals surface area (Å²) in [5.41, 5.74) is -1.02. The molecule has 8 heteroatoms. The van der Waals surface area contributed by atoms with Gasteiger partial charge >= 0.3 is 5.97 Å². The summed E-state index contributed by atoms with van der Waals surface area (Å²) in [6.07, 6.45) is 4.90. The Bertz CT molecular complexity index is 964. The number of oxazole rings is 1. The van der Waals surface area contributed by atoms with E-state index in [9.17, 15) is 15.0 Å². The molecule has 0 aliphatic rings. The van der Waals surface area contributed by atoms with Gasteiger partial charge in [-0.15, -0.1) is 0 Å². The topological polar surface area (TPSA) is 115 Å². The number of furan rings is 1. The van der Waals surface area contributed by atoms with Gasteiger partial charge in [-0.25, -0.2) is 9.78 Å². The first-order valence-corrected chi connectivity index (χ1v) is 9.15. The number of aromatic nitrogens is 1. The molecule has 154 valence electrons. The molecule has 0 fully saturated rings. The Morgan fingerprint density at radius 3 is 2.62 bits per heavy atom. The lowest BCUT2D eigenvalue weighted by Crippen LogP contribution is -2.36. The van der Waals surface area contributed by atoms with Crippen molar-refractivity contribution in [1.82, 2.24) is 4.98 Å². The molecule has 0 amide bonds. The minimum Gasteiger partial charge on any atom is -0.492 e. The molecule has 2 N–H and O–H groups in total. The molecule has 29 heavy (non-hydrogen) atoms. The fourth-order valence-electron chi connectivity index (χ4n) is 3.31. The minimum atomic E-state index is -2.12. The number of carboxylic acid groups (broad SMARTS) is 1. The second-order valence-corrected chi connectivity index (χ2v) is 6.59. The van der Waals surface area contributed by atoms with Crippen molar-refractivity contribution in [2.45, 2.75) is 38.9 Å². The van der Waals surface area contributed by atoms with E-state index >= 15 is 0 Å². The molecule has 1 atom stereocenters. The summed E-state index contributed by atoms with van der Waals surface area (Å²) in [5, 5.41) is 20.9. The lowest BCUT2D eigenvalue weighted by molar-refractivity contribution is -0.160. The van der Waals surface area contributed by atoms with Gasteiger partial charge in [-0.3, -0.25) is 0 Å². The molecule has 0 aliphatic heterocycles. The van der Waals surface area contributed by atoms with E-state index in [4.69, 9.17) is 18.3 Å². The van der Waals surface area contributed by atoms with Crippen molar-refractivity contribution in [2.24, 2.45) is 0 Å². The van der Waals surface area contributed by atoms with E-state index < -0.39 is 11.6 Å². The zero-order valence-corrected chi connectivity index (χ0v) is 16.5. The molecule has 0 saturated heterocycles. The van der Waals surface area contributed by atoms with E-state index in [0.717, 1.165) is 0 Å². The maximum atomic E-state index is 12.0. The molecule has 3 aromatic rings. The number of ether oxygens (including phenoxy) is 2. The Kier molecular flexibility index (Phi) is 5.93. The van der Waals surface area contributed by atoms with Crippen LogP contribution < -0.4 is 9.47 Å². The Morgan fingerprint density at radius 2 is 2.07 bits per heavy atom. The van der Waals surface area contributed by atoms with Crippen LogP contribution in [0.15, 0.2) is 45.8 Å². The number of aryl methyl sites for hydroxylation is 1. The predicted molar refractivity (Wildman–Crippen MR) is 103 cm³/mol. The van der Waals surface area contributed by atoms with Gasteiger partial charge in [-0.2, -0.15) is 0 Å². The molecule has 0 aliphatic carbocycles. The van der Waals surface area contributed by atoms with Crippen LogP contribution in [0.25, 0.3) is 11.3 Å². The fraction of sp³-hybridized carbons (Fsp3) is 0.333. The van der Waals surface area contributed by atoms with E-state index in [1.165, 1.54) is 25.8 Å². The highest BCUT2D eigenvalue weighted by molar-refractivity contribution is 5.86. The number of rotatable bonds is 9. The molecule has 0 saturated carbocycles. The van der Waals surface area contributed by atoms with Crippen LogP contribution in [-0.2, 0) is 17.0 Å². The summed E-state index contributed by atoms with van der Waals surface area (Å²) in [6.45, 7) is 3.61. The van der Waals surface area contributed by atoms with Crippen molar-refractivity contribution >= 4 is 5.97 Å². The van der Waals surface area contributed by atoms with Crippen LogP contribution in [0.5, 0.6) is 11.5 Å². The SMILES string of the molecule is CCCC(O)(C(=O)O)c1cc(C)c(OCc2ncco2)c(OC)c1-c1ccco1. The molecule has 0 radical (unpaired) electrons. The summed E-state index contributed by atoms with van der Waals surface area (Å²) in [4.78, 5) is 16.1. The smallest absolute Gasteiger partial charge is 0.340 e. The zero-order valence-electron chi connectivity index (χ0n) is 16.5. The number of hydrogen-bond donors (Lipinski definition) is 2. The molecular formula is C21H23NO7. The largest absolute Gasteiger partial charge is 0.492 e. The molecule has 1 aromatic carbocycles. The molecule has 2 aromatic heterocycles. The van der Waals surface area contributed by atoms with E-state index in [1.54, 1.807) is 32.0 Å². The second-order valence-electron chi connectivity index (χ2n) is 6.59. The first kappa shape index (κ1) is 20.5. The van der Waals surface area contributed by atoms with Crippen molar-refractivity contribution in [2.75, 3.05) is 7.11 Å². The molecule has 0 bridgehead atoms. The van der Waals surface area contributed by atoms with Gasteiger partial charge in [0.25, 0.3) is 0 Å². The van der Waals surface area contributed by atoms with Crippen molar-refractivity contribution in [3.8, 4) is 22.8 Å². The van der Waals surface area contributed by atoms with Crippen LogP contribution >= 0.6 is 0 Å². The Balaban J connectivity index is 2.21. The van der Waals surface area contributed by atoms with Gasteiger partial charge in [0.2, 0.25) is 5.89 Å². The van der Waals surface area contributed by atoms with Crippen LogP contribution in [0.3, 0.4) is 0 Å². The quantitative estimate of drug-likeness (QED) is 0.555. The number of benzene rings is 1. The summed E-state index contributed by atoms with van der Waals surface area (Å²) < 4.78 is 22.2. The number of aliphatic carboxylic acids is 1. The summed E-state index contributed by atoms with van der Waals surface area (Å²) >= 11 is 0. The second kappa shape index (κ2) is 8.40. The number of aliphatic hydroxyl groups is 1. The third-order valence-electron chi connectivity index (χ3n) is 4.63. The van der Waals surface area contributed by atoms with Crippen LogP contribution in [0, 0.1) is 6.92 Å². The minimum absolute atomic E-state index is 0.0230. The zero-order chi connectivity index (χ0) is 21.0. The van der Waals surface area contributed by atoms with Crippen LogP contribution in [0.4, 0.5) is 0 Å². The fourth-order valence-corrected chi connectivity index (χ4v) is 3.31. The number of methoxy groups -OCH3 is 1. The predicted octanol–water partition coefficient (Wildman–Crippen LogP) is 3.90. The van der Waals surface area contributed by atoms with Crippen molar-refractivity contribution < 1.29 is 33.3 Å². The first-order valence-electron chi connectivity index (χ1n) is 9.15. The van der Waals surface area contributed by atoms with Crippen LogP contribution in [-0.4, -0.2) is 28.3 Å². The lowest BCUT2D eigenvalue weighted by atomic mass is 9.83. The first-order chi connectivity index (χ1) is 13.9. The van der Waals surface area contributed by atoms with Crippen molar-refractivity contribution in [1.29, 1.82) is 0 Å². The highest BCUT2D eigenvalue weighted by Crippen LogP contribution is 2.47. The molecule has 8 nitrogen and oxygen atoms in total. The maximum absolute atomic E-state index is 12.0. The molecule has 2 heterocycles. The van der Waals surface area contributed by atoms with E-state index in [1.807, 2.05) is 0 Å². The molecule has 3 rings (SSSR count). The van der Waals surface area contributed by atoms with E-state index in [0.29, 0.717) is 34.9 Å². The third kappa shape index (κ3) is 3.84. The molecular weight excluding hydrogens is 378 g/mol. The van der Waals surface area contributed by atoms with Gasteiger partial charge in [-0.1, -0.05) is 13.3 Å². The van der Waals surface area contributed by atoms with Gasteiger partial charge < -0.3 is 28.5 Å². The number of carboxylic acids is 1. The summed E-state index contributed by atoms with van der Waals surface area (Å²) in [5.74, 6) is 0.0288. The number of carbonyl (C=O) groups is 1. The van der Waals surface area contributed by atoms with E-state index in [-0.39, 0.29) is 24.3 Å². The van der Waals surface area contributed by atoms with Crippen molar-refractivity contribution in [3.05, 3.63) is 53.9 Å². The Hall–Kier alpha value is -3.26. The normalized spacial score (nSPS) is 13.1. The highest BCUT2D eigenvalue weighted by atomic mass is 16.5. The van der Waals surface area contributed by atoms with Crippen LogP contribution in [0.1, 0.15) is 36.8 Å². The highest BCUT2D eigenvalue weighted by Gasteiger charge is 2.42. The standard InChI is InChI=1S/C21H23NO7/c1-4-7-21(25,20(23)24)14-11-13(2)18(29-12-16-22-8-10-28-16)19(26-3)17(14)15-6-5-9-27-15/h5-6,8-11,25H,4,7,12H2,1-3H3,(H,23,24). The lowest BCUT2D eigenvalue weighted by Gasteiger charge is -2.28. The Morgan fingerprint density at radius 1 is 1.28 bits per heavy atom. The van der Waals surface area contributed by atoms with Gasteiger partial charge in [0.1, 0.15) is 12.0 Å². The number of nitrogens with zero attached hydrogens (tertiary/aromatic N) is 1. The average molecular weight is 401 g/mol. The Labute approximate surface area is 167 Å². The molecule has 1 unspecified atom stereocenters. The monoisotopic (exact) mass is 401 g/mol. The number of hydrogen-bond acceptors (Lipinski definition) is 7. The average Bonchev–Trinajstić information content (AvgIpc) is 3.40. The summed E-state index contributed by atoms with van der Waals surface area (Å²) in [6, 6.07) is 4.93. The van der Waals surface area contributed by atoms with Gasteiger partial charge in [0, 0.05) is 5.56 Å². The molecule has 0 spiro atoms. The van der Waals surface area contributed by atoms with Gasteiger partial charge in [0.15, 0.2) is 23.7 Å².